The van der Waals surface area contributed by atoms with Crippen molar-refractivity contribution < 1.29 is 9.59 Å². The predicted molar refractivity (Wildman–Crippen MR) is 97.7 cm³/mol. The number of carbonyl (C=O) groups excluding carboxylic acids is 2. The second kappa shape index (κ2) is 6.69. The molecule has 1 aromatic carbocycles. The molecule has 0 bridgehead atoms. The second-order valence-electron chi connectivity index (χ2n) is 6.07. The molecule has 1 aliphatic heterocycles. The van der Waals surface area contributed by atoms with Gasteiger partial charge in [-0.1, -0.05) is 35.9 Å². The van der Waals surface area contributed by atoms with E-state index in [1.54, 1.807) is 36.4 Å². The van der Waals surface area contributed by atoms with Crippen LogP contribution >= 0.6 is 15.9 Å². The minimum Gasteiger partial charge on any atom is -0.325 e. The van der Waals surface area contributed by atoms with E-state index in [9.17, 15) is 9.59 Å². The number of halogens is 1. The van der Waals surface area contributed by atoms with E-state index in [0.29, 0.717) is 11.3 Å². The topological polar surface area (TPSA) is 58.5 Å². The zero-order valence-corrected chi connectivity index (χ0v) is 15.0. The Bertz CT molecular complexity index is 814. The molecule has 2 aliphatic rings. The number of carbonyl (C=O) groups is 2. The molecule has 2 amide bonds. The molecule has 0 fully saturated rings. The van der Waals surface area contributed by atoms with E-state index >= 15 is 0 Å². The molecule has 1 heterocycles. The van der Waals surface area contributed by atoms with Gasteiger partial charge in [0.15, 0.2) is 0 Å². The molecule has 0 spiro atoms. The highest BCUT2D eigenvalue weighted by Gasteiger charge is 2.27. The maximum atomic E-state index is 12.3. The lowest BCUT2D eigenvalue weighted by atomic mass is 9.82. The third-order valence-corrected chi connectivity index (χ3v) is 4.54. The third kappa shape index (κ3) is 3.46. The first kappa shape index (κ1) is 16.6. The van der Waals surface area contributed by atoms with Crippen molar-refractivity contribution in [1.29, 1.82) is 0 Å². The molecular weight excluding hydrogens is 368 g/mol. The van der Waals surface area contributed by atoms with Crippen molar-refractivity contribution >= 4 is 33.5 Å². The van der Waals surface area contributed by atoms with Gasteiger partial charge in [-0.3, -0.25) is 9.59 Å². The number of amides is 2. The number of allylic oxidation sites excluding steroid dienone is 3. The Morgan fingerprint density at radius 1 is 1.21 bits per heavy atom. The monoisotopic (exact) mass is 384 g/mol. The maximum absolute atomic E-state index is 12.3. The zero-order chi connectivity index (χ0) is 17.3. The van der Waals surface area contributed by atoms with Gasteiger partial charge < -0.3 is 5.32 Å². The minimum absolute atomic E-state index is 0.0458. The standard InChI is InChI=1S/C19H17BrN2O2/c1-11(2)16-10-18(23)22-17-9-14(7-8-15(16)17)21-19(24)12-3-5-13(20)6-4-12/h3-11,15H,1-2H3,(H,22,23). The van der Waals surface area contributed by atoms with Gasteiger partial charge in [-0.05, 0) is 47.9 Å². The van der Waals surface area contributed by atoms with Gasteiger partial charge in [0, 0.05) is 27.7 Å². The van der Waals surface area contributed by atoms with Crippen molar-refractivity contribution in [3.8, 4) is 0 Å². The first-order valence-electron chi connectivity index (χ1n) is 7.75. The summed E-state index contributed by atoms with van der Waals surface area (Å²) in [6.07, 6.45) is 7.24. The summed E-state index contributed by atoms with van der Waals surface area (Å²) in [4.78, 5) is 28.3. The van der Waals surface area contributed by atoms with Crippen LogP contribution in [0.5, 0.6) is 0 Å². The van der Waals surface area contributed by atoms with Crippen LogP contribution in [0.1, 0.15) is 24.2 Å². The van der Waals surface area contributed by atoms with Crippen LogP contribution in [-0.4, -0.2) is 17.5 Å². The molecule has 0 aromatic heterocycles. The second-order valence-corrected chi connectivity index (χ2v) is 6.99. The van der Waals surface area contributed by atoms with Crippen molar-refractivity contribution in [2.75, 3.05) is 0 Å². The van der Waals surface area contributed by atoms with Crippen LogP contribution in [0.25, 0.3) is 0 Å². The van der Waals surface area contributed by atoms with Gasteiger partial charge >= 0.3 is 0 Å². The Balaban J connectivity index is 1.87. The Morgan fingerprint density at radius 3 is 2.58 bits per heavy atom. The fourth-order valence-electron chi connectivity index (χ4n) is 2.79. The van der Waals surface area contributed by atoms with E-state index in [-0.39, 0.29) is 23.7 Å². The van der Waals surface area contributed by atoms with E-state index in [0.717, 1.165) is 15.7 Å². The highest BCUT2D eigenvalue weighted by atomic mass is 79.9. The van der Waals surface area contributed by atoms with Crippen molar-refractivity contribution in [2.24, 2.45) is 16.8 Å². The largest absolute Gasteiger partial charge is 0.325 e. The molecule has 0 saturated heterocycles. The summed E-state index contributed by atoms with van der Waals surface area (Å²) in [5, 5.41) is 2.85. The fraction of sp³-hybridized carbons (Fsp3) is 0.211. The summed E-state index contributed by atoms with van der Waals surface area (Å²) >= 11 is 3.34. The van der Waals surface area contributed by atoms with Gasteiger partial charge in [0.05, 0.1) is 5.71 Å². The Hall–Kier alpha value is -2.27. The average molecular weight is 385 g/mol. The lowest BCUT2D eigenvalue weighted by Gasteiger charge is -2.29. The summed E-state index contributed by atoms with van der Waals surface area (Å²) < 4.78 is 0.909. The molecule has 24 heavy (non-hydrogen) atoms. The van der Waals surface area contributed by atoms with Crippen LogP contribution in [0, 0.1) is 11.8 Å². The molecule has 0 radical (unpaired) electrons. The van der Waals surface area contributed by atoms with Gasteiger partial charge in [0.25, 0.3) is 5.91 Å². The van der Waals surface area contributed by atoms with Gasteiger partial charge in [-0.2, -0.15) is 0 Å². The number of hydrogen-bond donors (Lipinski definition) is 1. The summed E-state index contributed by atoms with van der Waals surface area (Å²) in [5.74, 6) is -0.115. The van der Waals surface area contributed by atoms with E-state index in [4.69, 9.17) is 0 Å². The van der Waals surface area contributed by atoms with E-state index in [1.807, 2.05) is 12.2 Å². The van der Waals surface area contributed by atoms with Gasteiger partial charge in [0.2, 0.25) is 5.91 Å². The normalized spacial score (nSPS) is 21.2. The van der Waals surface area contributed by atoms with Gasteiger partial charge in [0.1, 0.15) is 0 Å². The highest BCUT2D eigenvalue weighted by Crippen LogP contribution is 2.31. The van der Waals surface area contributed by atoms with E-state index < -0.39 is 0 Å². The van der Waals surface area contributed by atoms with Crippen molar-refractivity contribution in [3.05, 3.63) is 69.9 Å². The van der Waals surface area contributed by atoms with Crippen LogP contribution in [0.4, 0.5) is 0 Å². The summed E-state index contributed by atoms with van der Waals surface area (Å²) in [5.41, 5.74) is 2.91. The molecular formula is C19H17BrN2O2. The third-order valence-electron chi connectivity index (χ3n) is 4.01. The number of hydrogen-bond acceptors (Lipinski definition) is 2. The zero-order valence-electron chi connectivity index (χ0n) is 13.4. The molecule has 1 aliphatic carbocycles. The quantitative estimate of drug-likeness (QED) is 0.842. The Kier molecular flexibility index (Phi) is 4.62. The summed E-state index contributed by atoms with van der Waals surface area (Å²) in [6, 6.07) is 7.06. The number of rotatable bonds is 2. The van der Waals surface area contributed by atoms with Crippen LogP contribution < -0.4 is 5.32 Å². The van der Waals surface area contributed by atoms with E-state index in [2.05, 4.69) is 40.1 Å². The smallest absolute Gasteiger partial charge is 0.277 e. The molecule has 122 valence electrons. The minimum atomic E-state index is -0.306. The number of fused-ring (bicyclic) bond motifs is 1. The van der Waals surface area contributed by atoms with Crippen molar-refractivity contribution in [2.45, 2.75) is 13.8 Å². The average Bonchev–Trinajstić information content (AvgIpc) is 2.54. The number of nitrogens with zero attached hydrogens (tertiary/aromatic N) is 1. The lowest BCUT2D eigenvalue weighted by Crippen LogP contribution is -2.34. The maximum Gasteiger partial charge on any atom is 0.277 e. The van der Waals surface area contributed by atoms with Crippen molar-refractivity contribution in [3.63, 3.8) is 0 Å². The van der Waals surface area contributed by atoms with Gasteiger partial charge in [-0.15, -0.1) is 0 Å². The molecule has 5 heteroatoms. The molecule has 4 nitrogen and oxygen atoms in total. The molecule has 1 atom stereocenters. The lowest BCUT2D eigenvalue weighted by molar-refractivity contribution is -0.116. The van der Waals surface area contributed by atoms with E-state index in [1.165, 1.54) is 0 Å². The van der Waals surface area contributed by atoms with Crippen LogP contribution in [-0.2, 0) is 4.79 Å². The Labute approximate surface area is 149 Å². The molecule has 3 rings (SSSR count). The Morgan fingerprint density at radius 2 is 1.92 bits per heavy atom. The van der Waals surface area contributed by atoms with Gasteiger partial charge in [-0.25, -0.2) is 4.99 Å². The number of aliphatic imine (C=N–C) groups is 1. The number of nitrogens with one attached hydrogen (secondary N) is 1. The molecule has 1 unspecified atom stereocenters. The highest BCUT2D eigenvalue weighted by molar-refractivity contribution is 9.10. The first-order chi connectivity index (χ1) is 11.4. The van der Waals surface area contributed by atoms with Crippen LogP contribution in [0.3, 0.4) is 0 Å². The van der Waals surface area contributed by atoms with Crippen LogP contribution in [0.2, 0.25) is 0 Å². The molecule has 1 aromatic rings. The first-order valence-corrected chi connectivity index (χ1v) is 8.54. The van der Waals surface area contributed by atoms with Crippen LogP contribution in [0.15, 0.2) is 69.3 Å². The predicted octanol–water partition coefficient (Wildman–Crippen LogP) is 3.81. The fourth-order valence-corrected chi connectivity index (χ4v) is 3.05. The molecule has 0 saturated carbocycles. The summed E-state index contributed by atoms with van der Waals surface area (Å²) in [7, 11) is 0. The SMILES string of the molecule is CC(C)C1=CC(=O)NC2=CC(=NC(=O)c3ccc(Br)cc3)C=CC21. The summed E-state index contributed by atoms with van der Waals surface area (Å²) in [6.45, 7) is 4.13. The molecule has 1 N–H and O–H groups in total. The van der Waals surface area contributed by atoms with Crippen molar-refractivity contribution in [1.82, 2.24) is 5.32 Å². The number of benzene rings is 1.